The Labute approximate surface area is 142 Å². The highest BCUT2D eigenvalue weighted by molar-refractivity contribution is 7.94. The Bertz CT molecular complexity index is 934. The van der Waals surface area contributed by atoms with Crippen LogP contribution in [0, 0.1) is 0 Å². The minimum absolute atomic E-state index is 0.0650. The lowest BCUT2D eigenvalue weighted by molar-refractivity contribution is -0.152. The molecule has 2 aliphatic rings. The summed E-state index contributed by atoms with van der Waals surface area (Å²) in [6.07, 6.45) is 1.31. The van der Waals surface area contributed by atoms with E-state index in [4.69, 9.17) is 0 Å². The highest BCUT2D eigenvalue weighted by Crippen LogP contribution is 2.50. The zero-order chi connectivity index (χ0) is 18.7. The molecule has 0 bridgehead atoms. The van der Waals surface area contributed by atoms with Gasteiger partial charge in [-0.3, -0.25) is 9.78 Å². The zero-order valence-corrected chi connectivity index (χ0v) is 14.0. The Morgan fingerprint density at radius 3 is 2.36 bits per heavy atom. The highest BCUT2D eigenvalue weighted by atomic mass is 32.2. The number of pyridine rings is 1. The van der Waals surface area contributed by atoms with Crippen LogP contribution < -0.4 is 0 Å². The first-order chi connectivity index (χ1) is 11.5. The predicted octanol–water partition coefficient (Wildman–Crippen LogP) is -0.252. The number of aromatic nitrogens is 1. The number of hydrogen-bond acceptors (Lipinski definition) is 6. The van der Waals surface area contributed by atoms with Crippen molar-refractivity contribution in [3.05, 3.63) is 35.7 Å². The summed E-state index contributed by atoms with van der Waals surface area (Å²) in [6.45, 7) is 2.43. The van der Waals surface area contributed by atoms with Gasteiger partial charge in [-0.2, -0.15) is 0 Å². The maximum atomic E-state index is 12.8. The van der Waals surface area contributed by atoms with Gasteiger partial charge < -0.3 is 15.1 Å². The van der Waals surface area contributed by atoms with Crippen molar-refractivity contribution in [1.29, 1.82) is 0 Å². The van der Waals surface area contributed by atoms with Crippen molar-refractivity contribution in [1.82, 2.24) is 9.88 Å². The molecular formula is C15H14N2O7S. The third-order valence-corrected chi connectivity index (χ3v) is 7.31. The van der Waals surface area contributed by atoms with Crippen LogP contribution in [-0.4, -0.2) is 62.5 Å². The van der Waals surface area contributed by atoms with Gasteiger partial charge in [0.15, 0.2) is 21.3 Å². The van der Waals surface area contributed by atoms with Crippen molar-refractivity contribution in [2.45, 2.75) is 30.0 Å². The van der Waals surface area contributed by atoms with E-state index in [1.54, 1.807) is 6.07 Å². The number of nitrogens with zero attached hydrogens (tertiary/aromatic N) is 2. The number of carbonyl (C=O) groups excluding carboxylic acids is 1. The molecule has 2 saturated heterocycles. The zero-order valence-electron chi connectivity index (χ0n) is 13.2. The molecule has 2 fully saturated rings. The number of sulfone groups is 1. The number of hydrogen-bond donors (Lipinski definition) is 2. The fourth-order valence-corrected chi connectivity index (χ4v) is 5.43. The van der Waals surface area contributed by atoms with Gasteiger partial charge in [-0.1, -0.05) is 6.07 Å². The van der Waals surface area contributed by atoms with Crippen LogP contribution in [0.1, 0.15) is 19.5 Å². The number of fused-ring (bicyclic) bond motifs is 1. The van der Waals surface area contributed by atoms with E-state index in [-0.39, 0.29) is 5.69 Å². The monoisotopic (exact) mass is 366 g/mol. The highest BCUT2D eigenvalue weighted by Gasteiger charge is 2.71. The van der Waals surface area contributed by atoms with Gasteiger partial charge in [0.1, 0.15) is 4.75 Å². The lowest BCUT2D eigenvalue weighted by Gasteiger charge is -2.38. The summed E-state index contributed by atoms with van der Waals surface area (Å²) in [6, 6.07) is 2.80. The summed E-state index contributed by atoms with van der Waals surface area (Å²) in [4.78, 5) is 40.3. The Balaban J connectivity index is 2.27. The number of β-lactam (4-membered cyclic amide) rings is 1. The van der Waals surface area contributed by atoms with E-state index < -0.39 is 55.0 Å². The van der Waals surface area contributed by atoms with Crippen LogP contribution in [0.4, 0.5) is 0 Å². The topological polar surface area (TPSA) is 142 Å². The molecule has 0 spiro atoms. The maximum absolute atomic E-state index is 12.8. The molecular weight excluding hydrogens is 352 g/mol. The molecule has 1 amide bonds. The summed E-state index contributed by atoms with van der Waals surface area (Å²) in [5.41, 5.74) is -1.05. The molecule has 25 heavy (non-hydrogen) atoms. The predicted molar refractivity (Wildman–Crippen MR) is 83.8 cm³/mol. The van der Waals surface area contributed by atoms with Gasteiger partial charge in [0.2, 0.25) is 0 Å². The fourth-order valence-electron chi connectivity index (χ4n) is 3.28. The summed E-state index contributed by atoms with van der Waals surface area (Å²) >= 11 is 0. The summed E-state index contributed by atoms with van der Waals surface area (Å²) in [5.74, 6) is -3.89. The van der Waals surface area contributed by atoms with E-state index in [1.807, 2.05) is 0 Å². The minimum Gasteiger partial charge on any atom is -0.480 e. The summed E-state index contributed by atoms with van der Waals surface area (Å²) in [5, 5.41) is 17.3. The maximum Gasteiger partial charge on any atom is 0.338 e. The third kappa shape index (κ3) is 2.03. The molecule has 2 atom stereocenters. The van der Waals surface area contributed by atoms with Crippen molar-refractivity contribution in [2.75, 3.05) is 0 Å². The fraction of sp³-hybridized carbons (Fsp3) is 0.333. The van der Waals surface area contributed by atoms with Crippen molar-refractivity contribution in [3.8, 4) is 0 Å². The number of carbonyl (C=O) groups is 3. The Hall–Kier alpha value is -2.75. The largest absolute Gasteiger partial charge is 0.480 e. The van der Waals surface area contributed by atoms with Gasteiger partial charge in [0.05, 0.1) is 16.8 Å². The SMILES string of the molecule is CC1(C)[C@H](C(=O)O)N2C(=O)/C(=C(\C(=O)O)c3ccccn3)C2S1(=O)=O. The third-order valence-electron chi connectivity index (χ3n) is 4.57. The number of amides is 1. The van der Waals surface area contributed by atoms with E-state index in [2.05, 4.69) is 4.98 Å². The van der Waals surface area contributed by atoms with Crippen LogP contribution in [0.25, 0.3) is 5.57 Å². The van der Waals surface area contributed by atoms with Crippen molar-refractivity contribution in [3.63, 3.8) is 0 Å². The molecule has 0 radical (unpaired) electrons. The van der Waals surface area contributed by atoms with Crippen molar-refractivity contribution < 1.29 is 33.0 Å². The molecule has 0 aliphatic carbocycles. The van der Waals surface area contributed by atoms with E-state index in [1.165, 1.54) is 32.2 Å². The molecule has 10 heteroatoms. The van der Waals surface area contributed by atoms with Gasteiger partial charge in [-0.15, -0.1) is 0 Å². The number of rotatable bonds is 3. The lowest BCUT2D eigenvalue weighted by atomic mass is 9.91. The van der Waals surface area contributed by atoms with Crippen LogP contribution in [0.15, 0.2) is 30.0 Å². The molecule has 132 valence electrons. The van der Waals surface area contributed by atoms with Crippen LogP contribution in [-0.2, 0) is 24.2 Å². The molecule has 0 saturated carbocycles. The Morgan fingerprint density at radius 1 is 1.24 bits per heavy atom. The molecule has 3 heterocycles. The first-order valence-electron chi connectivity index (χ1n) is 7.21. The molecule has 2 N–H and O–H groups in total. The summed E-state index contributed by atoms with van der Waals surface area (Å²) in [7, 11) is -4.15. The van der Waals surface area contributed by atoms with Gasteiger partial charge in [-0.05, 0) is 26.0 Å². The number of carboxylic acid groups (broad SMARTS) is 2. The smallest absolute Gasteiger partial charge is 0.338 e. The Kier molecular flexibility index (Phi) is 3.50. The van der Waals surface area contributed by atoms with Gasteiger partial charge >= 0.3 is 11.9 Å². The van der Waals surface area contributed by atoms with Gasteiger partial charge in [0, 0.05) is 6.20 Å². The van der Waals surface area contributed by atoms with E-state index in [9.17, 15) is 33.0 Å². The van der Waals surface area contributed by atoms with E-state index in [0.717, 1.165) is 4.90 Å². The average Bonchev–Trinajstić information content (AvgIpc) is 2.66. The minimum atomic E-state index is -4.15. The molecule has 0 aromatic carbocycles. The number of carboxylic acids is 2. The second-order valence-corrected chi connectivity index (χ2v) is 8.85. The Morgan fingerprint density at radius 2 is 1.88 bits per heavy atom. The number of aliphatic carboxylic acids is 2. The second-order valence-electron chi connectivity index (χ2n) is 6.26. The van der Waals surface area contributed by atoms with Crippen LogP contribution in [0.5, 0.6) is 0 Å². The molecule has 9 nitrogen and oxygen atoms in total. The van der Waals surface area contributed by atoms with Gasteiger partial charge in [-0.25, -0.2) is 18.0 Å². The quantitative estimate of drug-likeness (QED) is 0.551. The van der Waals surface area contributed by atoms with Gasteiger partial charge in [0.25, 0.3) is 5.91 Å². The van der Waals surface area contributed by atoms with Crippen LogP contribution in [0.3, 0.4) is 0 Å². The van der Waals surface area contributed by atoms with Crippen molar-refractivity contribution >= 4 is 33.3 Å². The molecule has 1 aromatic rings. The molecule has 3 rings (SSSR count). The first kappa shape index (κ1) is 17.1. The first-order valence-corrected chi connectivity index (χ1v) is 8.76. The van der Waals surface area contributed by atoms with E-state index in [0.29, 0.717) is 0 Å². The van der Waals surface area contributed by atoms with Crippen molar-refractivity contribution in [2.24, 2.45) is 0 Å². The normalized spacial score (nSPS) is 28.1. The molecule has 2 aliphatic heterocycles. The molecule has 1 aromatic heterocycles. The molecule has 1 unspecified atom stereocenters. The summed E-state index contributed by atoms with van der Waals surface area (Å²) < 4.78 is 23.8. The lowest BCUT2D eigenvalue weighted by Crippen LogP contribution is -2.59. The van der Waals surface area contributed by atoms with Crippen LogP contribution in [0.2, 0.25) is 0 Å². The van der Waals surface area contributed by atoms with E-state index >= 15 is 0 Å². The second kappa shape index (κ2) is 5.12. The average molecular weight is 366 g/mol. The van der Waals surface area contributed by atoms with Crippen LogP contribution >= 0.6 is 0 Å². The standard InChI is InChI=1S/C15H14N2O7S/c1-15(2)10(14(21)22)17-11(18)9(12(17)25(15,23)24)8(13(19)20)7-5-3-4-6-16-7/h3-6,10,12H,1-2H3,(H,19,20)(H,21,22)/b9-8+/t10-,12?/m0/s1.